The Morgan fingerprint density at radius 3 is 2.10 bits per heavy atom. The van der Waals surface area contributed by atoms with Crippen LogP contribution >= 0.6 is 0 Å². The maximum absolute atomic E-state index is 12.7. The molecule has 1 unspecified atom stereocenters. The molecule has 8 nitrogen and oxygen atoms in total. The number of hydrogen-bond donors (Lipinski definition) is 2. The van der Waals surface area contributed by atoms with Crippen LogP contribution < -0.4 is 10.6 Å². The summed E-state index contributed by atoms with van der Waals surface area (Å²) in [5.74, 6) is -1.26. The van der Waals surface area contributed by atoms with Crippen LogP contribution in [0.25, 0.3) is 0 Å². The third-order valence-corrected chi connectivity index (χ3v) is 4.10. The zero-order valence-corrected chi connectivity index (χ0v) is 18.1. The van der Waals surface area contributed by atoms with Gasteiger partial charge in [-0.2, -0.15) is 0 Å². The van der Waals surface area contributed by atoms with Crippen molar-refractivity contribution in [2.75, 3.05) is 12.4 Å². The summed E-state index contributed by atoms with van der Waals surface area (Å²) in [6.45, 7) is 6.72. The van der Waals surface area contributed by atoms with E-state index in [-0.39, 0.29) is 16.9 Å². The van der Waals surface area contributed by atoms with Crippen LogP contribution in [0.4, 0.5) is 10.5 Å². The molecule has 0 heterocycles. The average molecular weight is 426 g/mol. The van der Waals surface area contributed by atoms with Crippen LogP contribution in [0.15, 0.2) is 48.5 Å². The number of rotatable bonds is 6. The smallest absolute Gasteiger partial charge is 0.408 e. The highest BCUT2D eigenvalue weighted by Crippen LogP contribution is 2.14. The van der Waals surface area contributed by atoms with Crippen LogP contribution in [0.1, 0.15) is 58.8 Å². The highest BCUT2D eigenvalue weighted by atomic mass is 16.6. The van der Waals surface area contributed by atoms with Crippen molar-refractivity contribution in [3.8, 4) is 0 Å². The monoisotopic (exact) mass is 426 g/mol. The van der Waals surface area contributed by atoms with Gasteiger partial charge in [0, 0.05) is 16.8 Å². The number of ether oxygens (including phenoxy) is 2. The Balaban J connectivity index is 2.06. The fraction of sp³-hybridized carbons (Fsp3) is 0.304. The zero-order valence-electron chi connectivity index (χ0n) is 18.1. The van der Waals surface area contributed by atoms with Gasteiger partial charge >= 0.3 is 12.1 Å². The standard InChI is InChI=1S/C23H26N2O6/c1-14(24-22(29)31-23(2,3)4)19(26)16-7-6-8-17(13-16)20(27)25-18-11-9-15(10-12-18)21(28)30-5/h6-14H,1-5H3,(H,24,29)(H,25,27). The summed E-state index contributed by atoms with van der Waals surface area (Å²) >= 11 is 0. The molecule has 0 spiro atoms. The highest BCUT2D eigenvalue weighted by molar-refractivity contribution is 6.07. The Labute approximate surface area is 180 Å². The largest absolute Gasteiger partial charge is 0.465 e. The zero-order chi connectivity index (χ0) is 23.2. The number of Topliss-reactive ketones (excluding diaryl/α,β-unsaturated/α-hetero) is 1. The minimum Gasteiger partial charge on any atom is -0.465 e. The third-order valence-electron chi connectivity index (χ3n) is 4.10. The summed E-state index contributed by atoms with van der Waals surface area (Å²) in [5.41, 5.74) is 0.707. The normalized spacial score (nSPS) is 11.8. The van der Waals surface area contributed by atoms with Gasteiger partial charge in [0.2, 0.25) is 0 Å². The maximum atomic E-state index is 12.7. The van der Waals surface area contributed by atoms with E-state index in [1.54, 1.807) is 58.0 Å². The quantitative estimate of drug-likeness (QED) is 0.537. The van der Waals surface area contributed by atoms with Crippen molar-refractivity contribution in [2.45, 2.75) is 39.3 Å². The van der Waals surface area contributed by atoms with Crippen LogP contribution in [0.5, 0.6) is 0 Å². The van der Waals surface area contributed by atoms with Crippen molar-refractivity contribution in [1.29, 1.82) is 0 Å². The number of carbonyl (C=O) groups excluding carboxylic acids is 4. The van der Waals surface area contributed by atoms with Gasteiger partial charge in [0.25, 0.3) is 5.91 Å². The van der Waals surface area contributed by atoms with Gasteiger partial charge in [-0.1, -0.05) is 12.1 Å². The van der Waals surface area contributed by atoms with E-state index in [0.717, 1.165) is 0 Å². The molecular formula is C23H26N2O6. The lowest BCUT2D eigenvalue weighted by Gasteiger charge is -2.21. The second-order valence-electron chi connectivity index (χ2n) is 7.84. The van der Waals surface area contributed by atoms with Crippen LogP contribution in [-0.4, -0.2) is 42.5 Å². The first kappa shape index (κ1) is 23.6. The van der Waals surface area contributed by atoms with E-state index in [9.17, 15) is 19.2 Å². The minimum absolute atomic E-state index is 0.271. The van der Waals surface area contributed by atoms with E-state index < -0.39 is 29.6 Å². The molecule has 0 aromatic heterocycles. The minimum atomic E-state index is -0.834. The summed E-state index contributed by atoms with van der Waals surface area (Å²) in [5, 5.41) is 5.20. The summed E-state index contributed by atoms with van der Waals surface area (Å²) in [4.78, 5) is 48.6. The van der Waals surface area contributed by atoms with Crippen LogP contribution in [0.2, 0.25) is 0 Å². The number of hydrogen-bond acceptors (Lipinski definition) is 6. The number of carbonyl (C=O) groups is 4. The summed E-state index contributed by atoms with van der Waals surface area (Å²) in [6, 6.07) is 11.6. The summed E-state index contributed by atoms with van der Waals surface area (Å²) < 4.78 is 9.79. The number of alkyl carbamates (subject to hydrolysis) is 1. The number of amides is 2. The maximum Gasteiger partial charge on any atom is 0.408 e. The average Bonchev–Trinajstić information content (AvgIpc) is 2.71. The molecule has 0 fully saturated rings. The fourth-order valence-corrected chi connectivity index (χ4v) is 2.62. The molecule has 2 aromatic carbocycles. The van der Waals surface area contributed by atoms with Gasteiger partial charge in [-0.15, -0.1) is 0 Å². The topological polar surface area (TPSA) is 111 Å². The molecule has 0 aliphatic rings. The molecule has 1 atom stereocenters. The molecule has 8 heteroatoms. The first-order valence-corrected chi connectivity index (χ1v) is 9.63. The van der Waals surface area contributed by atoms with E-state index >= 15 is 0 Å². The Morgan fingerprint density at radius 1 is 0.903 bits per heavy atom. The molecule has 0 aliphatic carbocycles. The van der Waals surface area contributed by atoms with E-state index in [0.29, 0.717) is 11.3 Å². The SMILES string of the molecule is COC(=O)c1ccc(NC(=O)c2cccc(C(=O)C(C)NC(=O)OC(C)(C)C)c2)cc1. The molecule has 2 rings (SSSR count). The first-order valence-electron chi connectivity index (χ1n) is 9.63. The van der Waals surface area contributed by atoms with E-state index in [1.807, 2.05) is 0 Å². The number of methoxy groups -OCH3 is 1. The van der Waals surface area contributed by atoms with Gasteiger partial charge in [0.15, 0.2) is 5.78 Å². The fourth-order valence-electron chi connectivity index (χ4n) is 2.62. The second-order valence-corrected chi connectivity index (χ2v) is 7.84. The van der Waals surface area contributed by atoms with Crippen LogP contribution in [0, 0.1) is 0 Å². The number of anilines is 1. The van der Waals surface area contributed by atoms with Crippen molar-refractivity contribution in [3.05, 3.63) is 65.2 Å². The van der Waals surface area contributed by atoms with Gasteiger partial charge < -0.3 is 20.1 Å². The van der Waals surface area contributed by atoms with Crippen molar-refractivity contribution in [1.82, 2.24) is 5.32 Å². The number of ketones is 1. The van der Waals surface area contributed by atoms with Gasteiger partial charge in [-0.25, -0.2) is 9.59 Å². The molecule has 2 N–H and O–H groups in total. The van der Waals surface area contributed by atoms with Gasteiger partial charge in [-0.05, 0) is 64.1 Å². The lowest BCUT2D eigenvalue weighted by Crippen LogP contribution is -2.41. The van der Waals surface area contributed by atoms with Gasteiger partial charge in [0.05, 0.1) is 18.7 Å². The predicted octanol–water partition coefficient (Wildman–Crippen LogP) is 3.82. The third kappa shape index (κ3) is 6.95. The van der Waals surface area contributed by atoms with Crippen molar-refractivity contribution in [3.63, 3.8) is 0 Å². The van der Waals surface area contributed by atoms with Crippen LogP contribution in [0.3, 0.4) is 0 Å². The van der Waals surface area contributed by atoms with E-state index in [1.165, 1.54) is 25.3 Å². The second kappa shape index (κ2) is 9.88. The van der Waals surface area contributed by atoms with Crippen molar-refractivity contribution < 1.29 is 28.7 Å². The Kier molecular flexibility index (Phi) is 7.52. The van der Waals surface area contributed by atoms with Gasteiger partial charge in [0.1, 0.15) is 5.60 Å². The number of nitrogens with one attached hydrogen (secondary N) is 2. The Bertz CT molecular complexity index is 976. The Hall–Kier alpha value is -3.68. The first-order chi connectivity index (χ1) is 14.5. The molecular weight excluding hydrogens is 400 g/mol. The molecule has 0 saturated heterocycles. The Morgan fingerprint density at radius 2 is 1.52 bits per heavy atom. The van der Waals surface area contributed by atoms with E-state index in [4.69, 9.17) is 4.74 Å². The molecule has 2 aromatic rings. The number of benzene rings is 2. The predicted molar refractivity (Wildman–Crippen MR) is 115 cm³/mol. The molecule has 0 bridgehead atoms. The van der Waals surface area contributed by atoms with Crippen LogP contribution in [-0.2, 0) is 9.47 Å². The van der Waals surface area contributed by atoms with E-state index in [2.05, 4.69) is 15.4 Å². The molecule has 164 valence electrons. The molecule has 0 radical (unpaired) electrons. The molecule has 2 amide bonds. The lowest BCUT2D eigenvalue weighted by molar-refractivity contribution is 0.0496. The summed E-state index contributed by atoms with van der Waals surface area (Å²) in [6.07, 6.45) is -0.697. The van der Waals surface area contributed by atoms with Crippen molar-refractivity contribution >= 4 is 29.4 Å². The highest BCUT2D eigenvalue weighted by Gasteiger charge is 2.22. The molecule has 31 heavy (non-hydrogen) atoms. The molecule has 0 saturated carbocycles. The van der Waals surface area contributed by atoms with Crippen molar-refractivity contribution in [2.24, 2.45) is 0 Å². The lowest BCUT2D eigenvalue weighted by atomic mass is 10.0. The van der Waals surface area contributed by atoms with Gasteiger partial charge in [-0.3, -0.25) is 9.59 Å². The molecule has 0 aliphatic heterocycles. The summed E-state index contributed by atoms with van der Waals surface area (Å²) in [7, 11) is 1.29. The number of esters is 1.